The van der Waals surface area contributed by atoms with E-state index in [9.17, 15) is 5.11 Å². The van der Waals surface area contributed by atoms with Crippen molar-refractivity contribution in [2.24, 2.45) is 5.92 Å². The molecule has 0 aliphatic carbocycles. The van der Waals surface area contributed by atoms with Gasteiger partial charge in [0.15, 0.2) is 0 Å². The first kappa shape index (κ1) is 13.8. The maximum absolute atomic E-state index is 9.24. The van der Waals surface area contributed by atoms with E-state index in [4.69, 9.17) is 0 Å². The molecule has 1 heterocycles. The minimum atomic E-state index is 0.192. The van der Waals surface area contributed by atoms with Gasteiger partial charge in [-0.05, 0) is 31.4 Å². The van der Waals surface area contributed by atoms with Gasteiger partial charge in [0.05, 0.1) is 5.52 Å². The summed E-state index contributed by atoms with van der Waals surface area (Å²) in [5.41, 5.74) is 3.22. The van der Waals surface area contributed by atoms with Crippen LogP contribution in [-0.4, -0.2) is 22.7 Å². The number of anilines is 1. The smallest absolute Gasteiger partial charge is 0.0726 e. The first-order valence-electron chi connectivity index (χ1n) is 6.91. The maximum atomic E-state index is 9.24. The summed E-state index contributed by atoms with van der Waals surface area (Å²) in [6, 6.07) is 10.5. The Labute approximate surface area is 114 Å². The Morgan fingerprint density at radius 2 is 2.00 bits per heavy atom. The van der Waals surface area contributed by atoms with E-state index < -0.39 is 0 Å². The summed E-state index contributed by atoms with van der Waals surface area (Å²) >= 11 is 0. The quantitative estimate of drug-likeness (QED) is 0.865. The summed E-state index contributed by atoms with van der Waals surface area (Å²) in [5.74, 6) is 0.219. The zero-order valence-electron chi connectivity index (χ0n) is 11.9. The molecule has 2 rings (SSSR count). The van der Waals surface area contributed by atoms with E-state index in [1.165, 1.54) is 0 Å². The Balaban J connectivity index is 2.40. The van der Waals surface area contributed by atoms with Gasteiger partial charge in [-0.15, -0.1) is 0 Å². The van der Waals surface area contributed by atoms with Crippen LogP contribution >= 0.6 is 0 Å². The van der Waals surface area contributed by atoms with Gasteiger partial charge < -0.3 is 10.4 Å². The van der Waals surface area contributed by atoms with Gasteiger partial charge in [-0.2, -0.15) is 0 Å². The predicted octanol–water partition coefficient (Wildman–Crippen LogP) is 3.23. The molecule has 2 atom stereocenters. The molecule has 102 valence electrons. The van der Waals surface area contributed by atoms with Crippen LogP contribution < -0.4 is 5.32 Å². The van der Waals surface area contributed by atoms with Crippen molar-refractivity contribution in [1.82, 2.24) is 4.98 Å². The van der Waals surface area contributed by atoms with E-state index in [0.29, 0.717) is 0 Å². The fourth-order valence-electron chi connectivity index (χ4n) is 2.08. The number of benzene rings is 1. The summed E-state index contributed by atoms with van der Waals surface area (Å²) in [6.45, 7) is 6.45. The first-order valence-corrected chi connectivity index (χ1v) is 6.91. The molecule has 2 unspecified atom stereocenters. The third kappa shape index (κ3) is 3.04. The number of nitrogens with one attached hydrogen (secondary N) is 1. The molecule has 19 heavy (non-hydrogen) atoms. The normalized spacial score (nSPS) is 14.3. The van der Waals surface area contributed by atoms with Crippen LogP contribution in [0.3, 0.4) is 0 Å². The number of aliphatic hydroxyl groups excluding tert-OH is 1. The SMILES string of the molecule is CCc1cc(NC(C)C(C)CO)c2ccccc2n1. The van der Waals surface area contributed by atoms with Crippen molar-refractivity contribution in [1.29, 1.82) is 0 Å². The summed E-state index contributed by atoms with van der Waals surface area (Å²) in [7, 11) is 0. The molecule has 3 heteroatoms. The second-order valence-electron chi connectivity index (χ2n) is 5.12. The number of para-hydroxylation sites is 1. The highest BCUT2D eigenvalue weighted by molar-refractivity contribution is 5.91. The second kappa shape index (κ2) is 6.02. The molecular weight excluding hydrogens is 236 g/mol. The molecule has 0 saturated carbocycles. The minimum absolute atomic E-state index is 0.192. The molecule has 0 spiro atoms. The number of pyridine rings is 1. The van der Waals surface area contributed by atoms with Crippen molar-refractivity contribution in [2.45, 2.75) is 33.2 Å². The van der Waals surface area contributed by atoms with Gasteiger partial charge in [0, 0.05) is 29.4 Å². The van der Waals surface area contributed by atoms with Crippen molar-refractivity contribution in [2.75, 3.05) is 11.9 Å². The summed E-state index contributed by atoms with van der Waals surface area (Å²) in [4.78, 5) is 4.64. The van der Waals surface area contributed by atoms with Crippen LogP contribution in [0.5, 0.6) is 0 Å². The fourth-order valence-corrected chi connectivity index (χ4v) is 2.08. The van der Waals surface area contributed by atoms with Crippen molar-refractivity contribution in [3.05, 3.63) is 36.0 Å². The lowest BCUT2D eigenvalue weighted by atomic mass is 10.0. The van der Waals surface area contributed by atoms with Gasteiger partial charge in [-0.1, -0.05) is 32.0 Å². The van der Waals surface area contributed by atoms with Crippen molar-refractivity contribution in [3.8, 4) is 0 Å². The van der Waals surface area contributed by atoms with Gasteiger partial charge in [-0.3, -0.25) is 4.98 Å². The van der Waals surface area contributed by atoms with E-state index in [2.05, 4.69) is 36.3 Å². The van der Waals surface area contributed by atoms with Gasteiger partial charge in [-0.25, -0.2) is 0 Å². The minimum Gasteiger partial charge on any atom is -0.396 e. The van der Waals surface area contributed by atoms with Crippen LogP contribution in [0.15, 0.2) is 30.3 Å². The Bertz CT molecular complexity index is 553. The Kier molecular flexibility index (Phi) is 4.38. The van der Waals surface area contributed by atoms with Gasteiger partial charge in [0.2, 0.25) is 0 Å². The molecule has 0 aliphatic rings. The number of rotatable bonds is 5. The summed E-state index contributed by atoms with van der Waals surface area (Å²) in [5, 5.41) is 13.9. The van der Waals surface area contributed by atoms with E-state index >= 15 is 0 Å². The first-order chi connectivity index (χ1) is 9.15. The highest BCUT2D eigenvalue weighted by Gasteiger charge is 2.13. The highest BCUT2D eigenvalue weighted by atomic mass is 16.3. The van der Waals surface area contributed by atoms with Crippen LogP contribution in [-0.2, 0) is 6.42 Å². The average molecular weight is 258 g/mol. The third-order valence-corrected chi connectivity index (χ3v) is 3.66. The number of aliphatic hydroxyl groups is 1. The topological polar surface area (TPSA) is 45.1 Å². The second-order valence-corrected chi connectivity index (χ2v) is 5.12. The van der Waals surface area contributed by atoms with Gasteiger partial charge >= 0.3 is 0 Å². The predicted molar refractivity (Wildman–Crippen MR) is 80.5 cm³/mol. The fraction of sp³-hybridized carbons (Fsp3) is 0.438. The number of fused-ring (bicyclic) bond motifs is 1. The van der Waals surface area contributed by atoms with E-state index in [0.717, 1.165) is 28.7 Å². The van der Waals surface area contributed by atoms with Crippen LogP contribution in [0, 0.1) is 5.92 Å². The molecule has 1 aromatic heterocycles. The largest absolute Gasteiger partial charge is 0.396 e. The van der Waals surface area contributed by atoms with Gasteiger partial charge in [0.25, 0.3) is 0 Å². The zero-order valence-corrected chi connectivity index (χ0v) is 11.9. The maximum Gasteiger partial charge on any atom is 0.0726 e. The molecule has 0 saturated heterocycles. The van der Waals surface area contributed by atoms with Crippen LogP contribution in [0.25, 0.3) is 10.9 Å². The summed E-state index contributed by atoms with van der Waals surface area (Å²) < 4.78 is 0. The van der Waals surface area contributed by atoms with Crippen LogP contribution in [0.4, 0.5) is 5.69 Å². The molecule has 0 aliphatic heterocycles. The molecule has 2 N–H and O–H groups in total. The lowest BCUT2D eigenvalue weighted by molar-refractivity contribution is 0.226. The number of aromatic nitrogens is 1. The highest BCUT2D eigenvalue weighted by Crippen LogP contribution is 2.25. The summed E-state index contributed by atoms with van der Waals surface area (Å²) in [6.07, 6.45) is 0.920. The van der Waals surface area contributed by atoms with Crippen molar-refractivity contribution < 1.29 is 5.11 Å². The van der Waals surface area contributed by atoms with E-state index in [1.54, 1.807) is 0 Å². The lowest BCUT2D eigenvalue weighted by Crippen LogP contribution is -2.26. The Morgan fingerprint density at radius 1 is 1.26 bits per heavy atom. The van der Waals surface area contributed by atoms with Crippen molar-refractivity contribution in [3.63, 3.8) is 0 Å². The number of aryl methyl sites for hydroxylation is 1. The third-order valence-electron chi connectivity index (χ3n) is 3.66. The molecule has 2 aromatic rings. The Hall–Kier alpha value is -1.61. The van der Waals surface area contributed by atoms with Crippen LogP contribution in [0.2, 0.25) is 0 Å². The number of hydrogen-bond acceptors (Lipinski definition) is 3. The number of hydrogen-bond donors (Lipinski definition) is 2. The number of nitrogens with zero attached hydrogens (tertiary/aromatic N) is 1. The molecule has 0 amide bonds. The molecular formula is C16H22N2O. The monoisotopic (exact) mass is 258 g/mol. The average Bonchev–Trinajstić information content (AvgIpc) is 2.46. The molecule has 3 nitrogen and oxygen atoms in total. The van der Waals surface area contributed by atoms with Crippen LogP contribution in [0.1, 0.15) is 26.5 Å². The van der Waals surface area contributed by atoms with E-state index in [1.807, 2.05) is 25.1 Å². The zero-order chi connectivity index (χ0) is 13.8. The Morgan fingerprint density at radius 3 is 2.68 bits per heavy atom. The molecule has 0 bridgehead atoms. The van der Waals surface area contributed by atoms with E-state index in [-0.39, 0.29) is 18.6 Å². The molecule has 1 aromatic carbocycles. The molecule has 0 fully saturated rings. The van der Waals surface area contributed by atoms with Crippen molar-refractivity contribution >= 4 is 16.6 Å². The van der Waals surface area contributed by atoms with Gasteiger partial charge in [0.1, 0.15) is 0 Å². The lowest BCUT2D eigenvalue weighted by Gasteiger charge is -2.22. The standard InChI is InChI=1S/C16H22N2O/c1-4-13-9-16(17-12(3)11(2)10-19)14-7-5-6-8-15(14)18-13/h5-9,11-12,19H,4,10H2,1-3H3,(H,17,18). The molecule has 0 radical (unpaired) electrons.